The predicted octanol–water partition coefficient (Wildman–Crippen LogP) is 4.54. The van der Waals surface area contributed by atoms with E-state index in [1.807, 2.05) is 13.8 Å². The van der Waals surface area contributed by atoms with Crippen LogP contribution in [-0.2, 0) is 6.18 Å². The first-order chi connectivity index (χ1) is 11.4. The van der Waals surface area contributed by atoms with Crippen molar-refractivity contribution in [2.45, 2.75) is 45.7 Å². The Hall–Kier alpha value is -2.11. The molecule has 1 aromatic rings. The molecule has 6 heteroatoms. The highest BCUT2D eigenvalue weighted by molar-refractivity contribution is 5.76. The summed E-state index contributed by atoms with van der Waals surface area (Å²) in [6.45, 7) is 4.61. The molecule has 1 aromatic carbocycles. The summed E-state index contributed by atoms with van der Waals surface area (Å²) < 4.78 is 38.1. The number of allylic oxidation sites excluding steroid dienone is 2. The fourth-order valence-electron chi connectivity index (χ4n) is 3.13. The van der Waals surface area contributed by atoms with Gasteiger partial charge in [-0.2, -0.15) is 13.2 Å². The first kappa shape index (κ1) is 18.2. The highest BCUT2D eigenvalue weighted by Crippen LogP contribution is 2.41. The first-order valence-corrected chi connectivity index (χ1v) is 8.23. The lowest BCUT2D eigenvalue weighted by Crippen LogP contribution is -2.15. The van der Waals surface area contributed by atoms with E-state index in [2.05, 4.69) is 5.32 Å². The van der Waals surface area contributed by atoms with Crippen LogP contribution in [0.5, 0.6) is 5.75 Å². The molecule has 4 N–H and O–H groups in total. The topological polar surface area (TPSA) is 58.3 Å². The fraction of sp³-hybridized carbons (Fsp3) is 0.444. The quantitative estimate of drug-likeness (QED) is 0.703. The normalized spacial score (nSPS) is 17.7. The summed E-state index contributed by atoms with van der Waals surface area (Å²) in [7, 11) is 0. The molecule has 24 heavy (non-hydrogen) atoms. The molecule has 1 aliphatic heterocycles. The second-order valence-corrected chi connectivity index (χ2v) is 5.62. The average Bonchev–Trinajstić information content (AvgIpc) is 2.97. The van der Waals surface area contributed by atoms with Gasteiger partial charge < -0.3 is 16.2 Å². The lowest BCUT2D eigenvalue weighted by molar-refractivity contribution is -0.137. The molecular weight excluding hydrogens is 317 g/mol. The first-order valence-electron chi connectivity index (χ1n) is 8.23. The van der Waals surface area contributed by atoms with E-state index >= 15 is 0 Å². The van der Waals surface area contributed by atoms with Gasteiger partial charge in [0.2, 0.25) is 0 Å². The van der Waals surface area contributed by atoms with E-state index in [1.54, 1.807) is 0 Å². The highest BCUT2D eigenvalue weighted by atomic mass is 19.4. The number of hydrogen-bond acceptors (Lipinski definition) is 3. The van der Waals surface area contributed by atoms with Crippen LogP contribution in [0, 0.1) is 0 Å². The van der Waals surface area contributed by atoms with Gasteiger partial charge >= 0.3 is 6.18 Å². The Labute approximate surface area is 140 Å². The molecule has 1 fully saturated rings. The predicted molar refractivity (Wildman–Crippen MR) is 89.1 cm³/mol. The van der Waals surface area contributed by atoms with E-state index in [4.69, 9.17) is 5.73 Å². The van der Waals surface area contributed by atoms with Crippen LogP contribution in [0.25, 0.3) is 5.70 Å². The van der Waals surface area contributed by atoms with E-state index in [9.17, 15) is 18.3 Å². The number of hydrogen-bond donors (Lipinski definition) is 3. The van der Waals surface area contributed by atoms with Crippen LogP contribution >= 0.6 is 0 Å². The summed E-state index contributed by atoms with van der Waals surface area (Å²) in [5, 5.41) is 13.3. The summed E-state index contributed by atoms with van der Waals surface area (Å²) in [6, 6.07) is 3.10. The zero-order valence-corrected chi connectivity index (χ0v) is 13.9. The molecular formula is C18H23F3N2O. The number of nitrogens with one attached hydrogen (secondary N) is 1. The largest absolute Gasteiger partial charge is 0.507 e. The van der Waals surface area contributed by atoms with E-state index in [-0.39, 0.29) is 5.75 Å². The molecule has 0 aromatic heterocycles. The van der Waals surface area contributed by atoms with Crippen molar-refractivity contribution in [1.29, 1.82) is 0 Å². The lowest BCUT2D eigenvalue weighted by Gasteiger charge is -2.16. The number of halogens is 3. The summed E-state index contributed by atoms with van der Waals surface area (Å²) in [4.78, 5) is 0. The van der Waals surface area contributed by atoms with Crippen molar-refractivity contribution in [3.05, 3.63) is 46.2 Å². The van der Waals surface area contributed by atoms with Crippen LogP contribution < -0.4 is 11.1 Å². The van der Waals surface area contributed by atoms with Gasteiger partial charge in [0.25, 0.3) is 0 Å². The van der Waals surface area contributed by atoms with Crippen LogP contribution in [0.3, 0.4) is 0 Å². The van der Waals surface area contributed by atoms with Crippen molar-refractivity contribution >= 4 is 5.70 Å². The molecule has 0 atom stereocenters. The van der Waals surface area contributed by atoms with Crippen LogP contribution in [-0.4, -0.2) is 11.7 Å². The molecule has 0 bridgehead atoms. The highest BCUT2D eigenvalue weighted by Gasteiger charge is 2.32. The summed E-state index contributed by atoms with van der Waals surface area (Å²) >= 11 is 0. The van der Waals surface area contributed by atoms with Gasteiger partial charge in [-0.1, -0.05) is 13.8 Å². The molecule has 2 aliphatic rings. The standard InChI is InChI=1S/C16H17F3N2O.C2H6/c17-16(18,19)9-4-5-12(14(22)8-9)15-11-3-1-2-10(11)13(20)6-7-21-15;1-2/h4-5,8,21-22H,1-3,6-7,20H2;1-2H3. The number of benzene rings is 1. The van der Waals surface area contributed by atoms with Crippen molar-refractivity contribution in [2.75, 3.05) is 6.54 Å². The maximum absolute atomic E-state index is 12.7. The van der Waals surface area contributed by atoms with E-state index in [0.717, 1.165) is 48.2 Å². The van der Waals surface area contributed by atoms with E-state index < -0.39 is 11.7 Å². The van der Waals surface area contributed by atoms with Crippen molar-refractivity contribution in [3.63, 3.8) is 0 Å². The minimum atomic E-state index is -4.46. The lowest BCUT2D eigenvalue weighted by atomic mass is 9.99. The van der Waals surface area contributed by atoms with Crippen LogP contribution in [0.1, 0.15) is 50.7 Å². The maximum atomic E-state index is 12.7. The molecule has 0 unspecified atom stereocenters. The van der Waals surface area contributed by atoms with Gasteiger partial charge in [0.05, 0.1) is 5.56 Å². The van der Waals surface area contributed by atoms with Crippen LogP contribution in [0.4, 0.5) is 13.2 Å². The molecule has 1 aliphatic carbocycles. The SMILES string of the molecule is CC.NC1=C2CCCC2=C(c2ccc(C(F)(F)F)cc2O)NCC1. The van der Waals surface area contributed by atoms with Crippen molar-refractivity contribution in [3.8, 4) is 5.75 Å². The Morgan fingerprint density at radius 1 is 1.08 bits per heavy atom. The monoisotopic (exact) mass is 340 g/mol. The van der Waals surface area contributed by atoms with E-state index in [0.29, 0.717) is 24.2 Å². The number of alkyl halides is 3. The second-order valence-electron chi connectivity index (χ2n) is 5.62. The second kappa shape index (κ2) is 7.20. The van der Waals surface area contributed by atoms with Crippen molar-refractivity contribution in [2.24, 2.45) is 5.73 Å². The zero-order valence-electron chi connectivity index (χ0n) is 13.9. The van der Waals surface area contributed by atoms with Crippen LogP contribution in [0.15, 0.2) is 35.0 Å². The zero-order chi connectivity index (χ0) is 17.9. The van der Waals surface area contributed by atoms with Crippen LogP contribution in [0.2, 0.25) is 0 Å². The van der Waals surface area contributed by atoms with Crippen molar-refractivity contribution < 1.29 is 18.3 Å². The third-order valence-electron chi connectivity index (χ3n) is 4.20. The Balaban J connectivity index is 0.00000100. The molecule has 132 valence electrons. The smallest absolute Gasteiger partial charge is 0.416 e. The molecule has 3 nitrogen and oxygen atoms in total. The average molecular weight is 340 g/mol. The van der Waals surface area contributed by atoms with Gasteiger partial charge in [0.1, 0.15) is 5.75 Å². The fourth-order valence-corrected chi connectivity index (χ4v) is 3.13. The Morgan fingerprint density at radius 3 is 2.38 bits per heavy atom. The summed E-state index contributed by atoms with van der Waals surface area (Å²) in [6.07, 6.45) is -1.10. The minimum absolute atomic E-state index is 0.364. The molecule has 0 saturated heterocycles. The number of aromatic hydroxyl groups is 1. The minimum Gasteiger partial charge on any atom is -0.507 e. The van der Waals surface area contributed by atoms with Gasteiger partial charge in [0, 0.05) is 29.9 Å². The summed E-state index contributed by atoms with van der Waals surface area (Å²) in [5.41, 5.74) is 9.27. The Kier molecular flexibility index (Phi) is 5.47. The third-order valence-corrected chi connectivity index (χ3v) is 4.20. The number of phenolic OH excluding ortho intramolecular Hbond substituents is 1. The molecule has 0 amide bonds. The maximum Gasteiger partial charge on any atom is 0.416 e. The van der Waals surface area contributed by atoms with Crippen molar-refractivity contribution in [1.82, 2.24) is 5.32 Å². The number of rotatable bonds is 1. The number of phenols is 1. The molecule has 3 rings (SSSR count). The molecule has 1 heterocycles. The van der Waals surface area contributed by atoms with E-state index in [1.165, 1.54) is 6.07 Å². The van der Waals surface area contributed by atoms with Gasteiger partial charge in [-0.15, -0.1) is 0 Å². The van der Waals surface area contributed by atoms with Gasteiger partial charge in [-0.05, 0) is 48.6 Å². The van der Waals surface area contributed by atoms with Gasteiger partial charge in [-0.25, -0.2) is 0 Å². The van der Waals surface area contributed by atoms with Gasteiger partial charge in [-0.3, -0.25) is 0 Å². The number of nitrogens with two attached hydrogens (primary N) is 1. The number of fused-ring (bicyclic) bond motifs is 1. The third kappa shape index (κ3) is 3.52. The Morgan fingerprint density at radius 2 is 1.75 bits per heavy atom. The summed E-state index contributed by atoms with van der Waals surface area (Å²) in [5.74, 6) is -0.364. The molecule has 1 saturated carbocycles. The molecule has 0 spiro atoms. The molecule has 0 radical (unpaired) electrons. The van der Waals surface area contributed by atoms with Gasteiger partial charge in [0.15, 0.2) is 0 Å². The Bertz CT molecular complexity index is 675.